The number of carbonyl (C=O) groups is 2. The standard InChI is InChI=1S/C7H6O2.C5H8O3/c8-7(9)6-4-2-1-3-5-6;1-3-8-4(2)5(6)7/h1-5H,(H,8,9);2-3H2,1H3,(H,6,7). The number of carboxylic acids is 2. The van der Waals surface area contributed by atoms with Gasteiger partial charge in [-0.05, 0) is 25.6 Å². The fourth-order valence-corrected chi connectivity index (χ4v) is 0.817. The van der Waals surface area contributed by atoms with E-state index in [1.165, 1.54) is 0 Å². The summed E-state index contributed by atoms with van der Waals surface area (Å²) in [5.41, 5.74) is 0.331. The number of rotatable bonds is 4. The summed E-state index contributed by atoms with van der Waals surface area (Å²) in [5.74, 6) is -2.19. The zero-order valence-electron chi connectivity index (χ0n) is 9.42. The first-order valence-electron chi connectivity index (χ1n) is 4.82. The van der Waals surface area contributed by atoms with Crippen LogP contribution in [0, 0.1) is 0 Å². The quantitative estimate of drug-likeness (QED) is 0.619. The van der Waals surface area contributed by atoms with E-state index in [1.54, 1.807) is 37.3 Å². The van der Waals surface area contributed by atoms with Gasteiger partial charge in [-0.1, -0.05) is 18.2 Å². The van der Waals surface area contributed by atoms with Gasteiger partial charge in [-0.25, -0.2) is 9.59 Å². The van der Waals surface area contributed by atoms with Crippen molar-refractivity contribution in [2.75, 3.05) is 6.61 Å². The van der Waals surface area contributed by atoms with E-state index in [9.17, 15) is 9.59 Å². The maximum atomic E-state index is 10.2. The first kappa shape index (κ1) is 14.7. The second kappa shape index (κ2) is 7.92. The Hall–Kier alpha value is -2.30. The van der Waals surface area contributed by atoms with Crippen LogP contribution in [-0.4, -0.2) is 28.8 Å². The molecule has 0 unspecified atom stereocenters. The first-order valence-corrected chi connectivity index (χ1v) is 4.82. The summed E-state index contributed by atoms with van der Waals surface area (Å²) in [7, 11) is 0. The number of carboxylic acid groups (broad SMARTS) is 2. The molecule has 0 aliphatic rings. The monoisotopic (exact) mass is 238 g/mol. The van der Waals surface area contributed by atoms with Crippen LogP contribution < -0.4 is 0 Å². The summed E-state index contributed by atoms with van der Waals surface area (Å²) in [6, 6.07) is 8.30. The molecule has 0 atom stereocenters. The van der Waals surface area contributed by atoms with Gasteiger partial charge in [0, 0.05) is 0 Å². The molecule has 0 fully saturated rings. The van der Waals surface area contributed by atoms with Gasteiger partial charge in [0.25, 0.3) is 0 Å². The van der Waals surface area contributed by atoms with E-state index in [0.717, 1.165) is 0 Å². The molecule has 0 aliphatic heterocycles. The number of hydrogen-bond acceptors (Lipinski definition) is 3. The predicted molar refractivity (Wildman–Crippen MR) is 61.8 cm³/mol. The van der Waals surface area contributed by atoms with Crippen molar-refractivity contribution in [1.29, 1.82) is 0 Å². The third-order valence-corrected chi connectivity index (χ3v) is 1.58. The molecule has 0 heterocycles. The summed E-state index contributed by atoms with van der Waals surface area (Å²) in [6.07, 6.45) is 0. The van der Waals surface area contributed by atoms with Crippen molar-refractivity contribution >= 4 is 11.9 Å². The Labute approximate surface area is 99.0 Å². The van der Waals surface area contributed by atoms with Gasteiger partial charge in [-0.3, -0.25) is 0 Å². The third kappa shape index (κ3) is 6.72. The number of hydrogen-bond donors (Lipinski definition) is 2. The summed E-state index contributed by atoms with van der Waals surface area (Å²) in [4.78, 5) is 20.1. The van der Waals surface area contributed by atoms with Crippen LogP contribution in [0.1, 0.15) is 17.3 Å². The van der Waals surface area contributed by atoms with E-state index in [2.05, 4.69) is 11.3 Å². The molecule has 0 spiro atoms. The van der Waals surface area contributed by atoms with Crippen molar-refractivity contribution in [2.45, 2.75) is 6.92 Å². The molecule has 0 radical (unpaired) electrons. The van der Waals surface area contributed by atoms with Crippen molar-refractivity contribution in [3.05, 3.63) is 48.2 Å². The van der Waals surface area contributed by atoms with E-state index in [-0.39, 0.29) is 5.76 Å². The van der Waals surface area contributed by atoms with Crippen LogP contribution in [0.5, 0.6) is 0 Å². The van der Waals surface area contributed by atoms with E-state index in [1.807, 2.05) is 0 Å². The number of ether oxygens (including phenoxy) is 1. The van der Waals surface area contributed by atoms with Gasteiger partial charge in [-0.15, -0.1) is 0 Å². The van der Waals surface area contributed by atoms with E-state index >= 15 is 0 Å². The summed E-state index contributed by atoms with van der Waals surface area (Å²) < 4.78 is 4.51. The Kier molecular flexibility index (Phi) is 6.85. The Balaban J connectivity index is 0.000000304. The lowest BCUT2D eigenvalue weighted by Crippen LogP contribution is -2.02. The van der Waals surface area contributed by atoms with Gasteiger partial charge in [0.15, 0.2) is 5.76 Å². The van der Waals surface area contributed by atoms with E-state index in [4.69, 9.17) is 10.2 Å². The summed E-state index contributed by atoms with van der Waals surface area (Å²) >= 11 is 0. The molecule has 0 bridgehead atoms. The molecule has 0 saturated heterocycles. The maximum Gasteiger partial charge on any atom is 0.370 e. The van der Waals surface area contributed by atoms with Gasteiger partial charge in [0.1, 0.15) is 0 Å². The largest absolute Gasteiger partial charge is 0.487 e. The average molecular weight is 238 g/mol. The fraction of sp³-hybridized carbons (Fsp3) is 0.167. The minimum absolute atomic E-state index is 0.201. The number of aliphatic carboxylic acids is 1. The Morgan fingerprint density at radius 1 is 1.24 bits per heavy atom. The van der Waals surface area contributed by atoms with Crippen molar-refractivity contribution < 1.29 is 24.5 Å². The lowest BCUT2D eigenvalue weighted by Gasteiger charge is -1.97. The van der Waals surface area contributed by atoms with E-state index in [0.29, 0.717) is 12.2 Å². The smallest absolute Gasteiger partial charge is 0.370 e. The van der Waals surface area contributed by atoms with Crippen molar-refractivity contribution in [1.82, 2.24) is 0 Å². The van der Waals surface area contributed by atoms with Gasteiger partial charge in [0.2, 0.25) is 0 Å². The van der Waals surface area contributed by atoms with Crippen LogP contribution in [0.3, 0.4) is 0 Å². The van der Waals surface area contributed by atoms with Gasteiger partial charge in [-0.2, -0.15) is 0 Å². The molecule has 0 aliphatic carbocycles. The molecule has 2 N–H and O–H groups in total. The van der Waals surface area contributed by atoms with Crippen LogP contribution >= 0.6 is 0 Å². The minimum Gasteiger partial charge on any atom is -0.487 e. The zero-order valence-corrected chi connectivity index (χ0v) is 9.42. The minimum atomic E-state index is -1.10. The lowest BCUT2D eigenvalue weighted by molar-refractivity contribution is -0.136. The van der Waals surface area contributed by atoms with Gasteiger partial charge >= 0.3 is 11.9 Å². The number of aromatic carboxylic acids is 1. The second-order valence-corrected chi connectivity index (χ2v) is 2.83. The Morgan fingerprint density at radius 2 is 1.76 bits per heavy atom. The molecular weight excluding hydrogens is 224 g/mol. The highest BCUT2D eigenvalue weighted by Crippen LogP contribution is 1.96. The van der Waals surface area contributed by atoms with Crippen LogP contribution in [-0.2, 0) is 9.53 Å². The van der Waals surface area contributed by atoms with Crippen molar-refractivity contribution in [3.63, 3.8) is 0 Å². The zero-order chi connectivity index (χ0) is 13.3. The SMILES string of the molecule is C=C(OCC)C(=O)O.O=C(O)c1ccccc1. The molecule has 0 aromatic heterocycles. The molecule has 5 heteroatoms. The van der Waals surface area contributed by atoms with Crippen LogP contribution in [0.4, 0.5) is 0 Å². The third-order valence-electron chi connectivity index (χ3n) is 1.58. The lowest BCUT2D eigenvalue weighted by atomic mass is 10.2. The molecule has 5 nitrogen and oxygen atoms in total. The molecule has 0 amide bonds. The molecule has 1 aromatic rings. The molecule has 0 saturated carbocycles. The second-order valence-electron chi connectivity index (χ2n) is 2.83. The van der Waals surface area contributed by atoms with Gasteiger partial charge < -0.3 is 14.9 Å². The highest BCUT2D eigenvalue weighted by atomic mass is 16.5. The van der Waals surface area contributed by atoms with E-state index < -0.39 is 11.9 Å². The molecule has 1 rings (SSSR count). The van der Waals surface area contributed by atoms with Crippen molar-refractivity contribution in [2.24, 2.45) is 0 Å². The topological polar surface area (TPSA) is 83.8 Å². The van der Waals surface area contributed by atoms with Crippen molar-refractivity contribution in [3.8, 4) is 0 Å². The summed E-state index contributed by atoms with van der Waals surface area (Å²) in [5, 5.41) is 16.5. The summed E-state index contributed by atoms with van der Waals surface area (Å²) in [6.45, 7) is 5.18. The van der Waals surface area contributed by atoms with Crippen LogP contribution in [0.25, 0.3) is 0 Å². The maximum absolute atomic E-state index is 10.2. The highest BCUT2D eigenvalue weighted by molar-refractivity contribution is 5.87. The molecule has 17 heavy (non-hydrogen) atoms. The molecule has 1 aromatic carbocycles. The Bertz CT molecular complexity index is 383. The average Bonchev–Trinajstić information content (AvgIpc) is 2.31. The molecular formula is C12H14O5. The van der Waals surface area contributed by atoms with Crippen LogP contribution in [0.15, 0.2) is 42.7 Å². The Morgan fingerprint density at radius 3 is 2.00 bits per heavy atom. The predicted octanol–water partition coefficient (Wildman–Crippen LogP) is 2.01. The first-order chi connectivity index (χ1) is 7.99. The normalized spacial score (nSPS) is 8.53. The molecule has 92 valence electrons. The number of benzene rings is 1. The highest BCUT2D eigenvalue weighted by Gasteiger charge is 2.00. The van der Waals surface area contributed by atoms with Crippen LogP contribution in [0.2, 0.25) is 0 Å². The fourth-order valence-electron chi connectivity index (χ4n) is 0.817. The van der Waals surface area contributed by atoms with Gasteiger partial charge in [0.05, 0.1) is 12.2 Å².